The monoisotopic (exact) mass is 442 g/mol. The lowest BCUT2D eigenvalue weighted by Gasteiger charge is -2.07. The molecule has 0 heterocycles. The SMILES string of the molecule is CCCCCCCCCCOCCCCOCCCCOCCCCCCCCCC. The molecular weight excluding hydrogens is 384 g/mol. The van der Waals surface area contributed by atoms with Crippen molar-refractivity contribution in [2.45, 2.75) is 142 Å². The molecule has 0 aliphatic rings. The Hall–Kier alpha value is -0.120. The Kier molecular flexibility index (Phi) is 29.8. The second kappa shape index (κ2) is 29.9. The first-order valence-corrected chi connectivity index (χ1v) is 14.1. The summed E-state index contributed by atoms with van der Waals surface area (Å²) in [4.78, 5) is 0. The third-order valence-corrected chi connectivity index (χ3v) is 5.94. The van der Waals surface area contributed by atoms with Gasteiger partial charge in [-0.25, -0.2) is 0 Å². The van der Waals surface area contributed by atoms with E-state index in [2.05, 4.69) is 13.8 Å². The molecule has 3 heteroatoms. The van der Waals surface area contributed by atoms with Crippen LogP contribution in [0.4, 0.5) is 0 Å². The van der Waals surface area contributed by atoms with Crippen LogP contribution in [0.5, 0.6) is 0 Å². The van der Waals surface area contributed by atoms with Crippen molar-refractivity contribution in [2.75, 3.05) is 39.6 Å². The zero-order chi connectivity index (χ0) is 22.5. The third kappa shape index (κ3) is 29.9. The van der Waals surface area contributed by atoms with Crippen LogP contribution in [0.2, 0.25) is 0 Å². The molecule has 188 valence electrons. The molecule has 0 aromatic heterocycles. The fourth-order valence-corrected chi connectivity index (χ4v) is 3.80. The Morgan fingerprint density at radius 1 is 0.258 bits per heavy atom. The maximum atomic E-state index is 5.74. The summed E-state index contributed by atoms with van der Waals surface area (Å²) < 4.78 is 17.2. The molecule has 0 rings (SSSR count). The number of hydrogen-bond acceptors (Lipinski definition) is 3. The first-order chi connectivity index (χ1) is 15.4. The van der Waals surface area contributed by atoms with E-state index in [1.165, 1.54) is 103 Å². The van der Waals surface area contributed by atoms with E-state index in [0.717, 1.165) is 65.3 Å². The Balaban J connectivity index is 2.98. The summed E-state index contributed by atoms with van der Waals surface area (Å²) in [6, 6.07) is 0. The molecule has 3 nitrogen and oxygen atoms in total. The molecule has 0 aliphatic carbocycles. The number of unbranched alkanes of at least 4 members (excludes halogenated alkanes) is 16. The summed E-state index contributed by atoms with van der Waals surface area (Å²) in [5, 5.41) is 0. The number of ether oxygens (including phenoxy) is 3. The van der Waals surface area contributed by atoms with Gasteiger partial charge < -0.3 is 14.2 Å². The van der Waals surface area contributed by atoms with Gasteiger partial charge in [0.2, 0.25) is 0 Å². The van der Waals surface area contributed by atoms with Gasteiger partial charge in [0, 0.05) is 39.6 Å². The highest BCUT2D eigenvalue weighted by Crippen LogP contribution is 2.09. The summed E-state index contributed by atoms with van der Waals surface area (Å²) in [7, 11) is 0. The van der Waals surface area contributed by atoms with E-state index < -0.39 is 0 Å². The van der Waals surface area contributed by atoms with Crippen molar-refractivity contribution in [1.29, 1.82) is 0 Å². The molecule has 0 amide bonds. The van der Waals surface area contributed by atoms with Crippen LogP contribution in [-0.4, -0.2) is 39.6 Å². The molecule has 0 aliphatic heterocycles. The maximum Gasteiger partial charge on any atom is 0.0466 e. The van der Waals surface area contributed by atoms with Crippen LogP contribution in [0.3, 0.4) is 0 Å². The lowest BCUT2D eigenvalue weighted by molar-refractivity contribution is 0.0890. The Bertz CT molecular complexity index is 268. The van der Waals surface area contributed by atoms with Crippen molar-refractivity contribution in [3.63, 3.8) is 0 Å². The largest absolute Gasteiger partial charge is 0.381 e. The Labute approximate surface area is 196 Å². The molecular formula is C28H58O3. The van der Waals surface area contributed by atoms with Gasteiger partial charge in [0.25, 0.3) is 0 Å². The van der Waals surface area contributed by atoms with Gasteiger partial charge in [0.15, 0.2) is 0 Å². The topological polar surface area (TPSA) is 27.7 Å². The van der Waals surface area contributed by atoms with E-state index in [-0.39, 0.29) is 0 Å². The summed E-state index contributed by atoms with van der Waals surface area (Å²) in [6.07, 6.45) is 26.3. The van der Waals surface area contributed by atoms with Crippen LogP contribution in [0, 0.1) is 0 Å². The van der Waals surface area contributed by atoms with E-state index in [1.54, 1.807) is 0 Å². The molecule has 0 radical (unpaired) electrons. The molecule has 0 fully saturated rings. The zero-order valence-electron chi connectivity index (χ0n) is 21.6. The van der Waals surface area contributed by atoms with Gasteiger partial charge in [-0.15, -0.1) is 0 Å². The molecule has 0 unspecified atom stereocenters. The Morgan fingerprint density at radius 2 is 0.452 bits per heavy atom. The third-order valence-electron chi connectivity index (χ3n) is 5.94. The normalized spacial score (nSPS) is 11.4. The van der Waals surface area contributed by atoms with Crippen LogP contribution < -0.4 is 0 Å². The van der Waals surface area contributed by atoms with Crippen LogP contribution in [0.15, 0.2) is 0 Å². The molecule has 0 spiro atoms. The molecule has 0 saturated carbocycles. The van der Waals surface area contributed by atoms with Gasteiger partial charge in [0.05, 0.1) is 0 Å². The second-order valence-electron chi connectivity index (χ2n) is 9.20. The van der Waals surface area contributed by atoms with Crippen molar-refractivity contribution < 1.29 is 14.2 Å². The average Bonchev–Trinajstić information content (AvgIpc) is 2.78. The fourth-order valence-electron chi connectivity index (χ4n) is 3.80. The quantitative estimate of drug-likeness (QED) is 0.113. The van der Waals surface area contributed by atoms with Crippen molar-refractivity contribution in [3.05, 3.63) is 0 Å². The molecule has 0 bridgehead atoms. The fraction of sp³-hybridized carbons (Fsp3) is 1.00. The summed E-state index contributed by atoms with van der Waals surface area (Å²) in [5.74, 6) is 0. The summed E-state index contributed by atoms with van der Waals surface area (Å²) >= 11 is 0. The Morgan fingerprint density at radius 3 is 0.710 bits per heavy atom. The standard InChI is InChI=1S/C28H58O3/c1-3-5-7-9-11-13-15-17-23-29-25-19-21-27-31-28-22-20-26-30-24-18-16-14-12-10-8-6-4-2/h3-28H2,1-2H3. The molecule has 31 heavy (non-hydrogen) atoms. The van der Waals surface area contributed by atoms with Gasteiger partial charge in [-0.05, 0) is 38.5 Å². The van der Waals surface area contributed by atoms with E-state index in [4.69, 9.17) is 14.2 Å². The van der Waals surface area contributed by atoms with Crippen LogP contribution in [-0.2, 0) is 14.2 Å². The minimum atomic E-state index is 0.875. The first-order valence-electron chi connectivity index (χ1n) is 14.1. The first kappa shape index (κ1) is 30.9. The maximum absolute atomic E-state index is 5.74. The van der Waals surface area contributed by atoms with E-state index >= 15 is 0 Å². The predicted octanol–water partition coefficient (Wildman–Crippen LogP) is 8.88. The van der Waals surface area contributed by atoms with Crippen molar-refractivity contribution in [1.82, 2.24) is 0 Å². The van der Waals surface area contributed by atoms with Gasteiger partial charge in [-0.1, -0.05) is 104 Å². The van der Waals surface area contributed by atoms with E-state index in [9.17, 15) is 0 Å². The smallest absolute Gasteiger partial charge is 0.0466 e. The van der Waals surface area contributed by atoms with Crippen LogP contribution in [0.25, 0.3) is 0 Å². The average molecular weight is 443 g/mol. The lowest BCUT2D eigenvalue weighted by atomic mass is 10.1. The zero-order valence-corrected chi connectivity index (χ0v) is 21.6. The molecule has 0 atom stereocenters. The highest BCUT2D eigenvalue weighted by Gasteiger charge is 1.96. The van der Waals surface area contributed by atoms with Crippen molar-refractivity contribution in [2.24, 2.45) is 0 Å². The summed E-state index contributed by atoms with van der Waals surface area (Å²) in [5.41, 5.74) is 0. The van der Waals surface area contributed by atoms with Crippen molar-refractivity contribution in [3.8, 4) is 0 Å². The molecule has 0 saturated heterocycles. The predicted molar refractivity (Wildman–Crippen MR) is 136 cm³/mol. The van der Waals surface area contributed by atoms with Crippen LogP contribution >= 0.6 is 0 Å². The van der Waals surface area contributed by atoms with E-state index in [0.29, 0.717) is 0 Å². The van der Waals surface area contributed by atoms with Gasteiger partial charge in [-0.3, -0.25) is 0 Å². The van der Waals surface area contributed by atoms with Crippen LogP contribution in [0.1, 0.15) is 142 Å². The molecule has 0 aromatic rings. The van der Waals surface area contributed by atoms with Crippen molar-refractivity contribution >= 4 is 0 Å². The minimum Gasteiger partial charge on any atom is -0.381 e. The lowest BCUT2D eigenvalue weighted by Crippen LogP contribution is -2.03. The number of hydrogen-bond donors (Lipinski definition) is 0. The van der Waals surface area contributed by atoms with E-state index in [1.807, 2.05) is 0 Å². The highest BCUT2D eigenvalue weighted by atomic mass is 16.5. The highest BCUT2D eigenvalue weighted by molar-refractivity contribution is 4.48. The van der Waals surface area contributed by atoms with Gasteiger partial charge in [0.1, 0.15) is 0 Å². The van der Waals surface area contributed by atoms with Gasteiger partial charge in [-0.2, -0.15) is 0 Å². The number of rotatable bonds is 28. The molecule has 0 N–H and O–H groups in total. The summed E-state index contributed by atoms with van der Waals surface area (Å²) in [6.45, 7) is 9.97. The van der Waals surface area contributed by atoms with Gasteiger partial charge >= 0.3 is 0 Å². The molecule has 0 aromatic carbocycles. The second-order valence-corrected chi connectivity index (χ2v) is 9.20. The minimum absolute atomic E-state index is 0.875.